The summed E-state index contributed by atoms with van der Waals surface area (Å²) < 4.78 is 22.8. The van der Waals surface area contributed by atoms with E-state index in [1.807, 2.05) is 11.8 Å². The van der Waals surface area contributed by atoms with Crippen LogP contribution in [0.15, 0.2) is 28.3 Å². The summed E-state index contributed by atoms with van der Waals surface area (Å²) in [6.45, 7) is 10.5. The topological polar surface area (TPSA) is 102 Å². The summed E-state index contributed by atoms with van der Waals surface area (Å²) in [6.07, 6.45) is 2.49. The fourth-order valence-electron chi connectivity index (χ4n) is 4.22. The Hall–Kier alpha value is -3.38. The Kier molecular flexibility index (Phi) is 4.95. The highest BCUT2D eigenvalue weighted by atomic mass is 19.1. The van der Waals surface area contributed by atoms with Crippen LogP contribution in [0.5, 0.6) is 5.75 Å². The molecule has 2 aliphatic rings. The monoisotopic (exact) mass is 412 g/mol. The molecule has 1 atom stereocenters. The number of piperidine rings is 1. The molecule has 9 heteroatoms. The minimum absolute atomic E-state index is 0.00582. The van der Waals surface area contributed by atoms with Gasteiger partial charge in [0.2, 0.25) is 5.43 Å². The molecule has 2 aromatic rings. The van der Waals surface area contributed by atoms with Crippen LogP contribution >= 0.6 is 0 Å². The molecule has 0 unspecified atom stereocenters. The van der Waals surface area contributed by atoms with Crippen molar-refractivity contribution in [1.29, 1.82) is 0 Å². The number of carbonyl (C=O) groups is 1. The molecule has 3 N–H and O–H groups in total. The molecule has 3 heterocycles. The standard InChI is InChI=1S/C21H21FN4O4/c1-11-10-30-20-17-13(19(27)14(21(28)29)9-26(11)17)7-15(22)18(20)25-5-3-12(4-6-25)16(8-23)24-2/h7,9,11H,3-6,8,10,23H2,1H3,(H,28,29)/t11-/m0/s1. The van der Waals surface area contributed by atoms with E-state index >= 15 is 4.39 Å². The normalized spacial score (nSPS) is 18.1. The lowest BCUT2D eigenvalue weighted by molar-refractivity contribution is 0.0694. The van der Waals surface area contributed by atoms with Crippen molar-refractivity contribution < 1.29 is 19.0 Å². The van der Waals surface area contributed by atoms with E-state index in [4.69, 9.17) is 17.0 Å². The van der Waals surface area contributed by atoms with Crippen LogP contribution in [0.4, 0.5) is 10.1 Å². The molecule has 30 heavy (non-hydrogen) atoms. The second kappa shape index (κ2) is 7.46. The molecule has 1 saturated heterocycles. The van der Waals surface area contributed by atoms with Gasteiger partial charge in [-0.3, -0.25) is 4.79 Å². The fourth-order valence-corrected chi connectivity index (χ4v) is 4.22. The number of halogens is 1. The number of nitrogens with two attached hydrogens (primary N) is 1. The van der Waals surface area contributed by atoms with Crippen molar-refractivity contribution in [3.05, 3.63) is 56.6 Å². The zero-order valence-corrected chi connectivity index (χ0v) is 16.4. The van der Waals surface area contributed by atoms with E-state index in [-0.39, 0.29) is 36.0 Å². The largest absolute Gasteiger partial charge is 0.487 e. The Labute approximate surface area is 171 Å². The number of pyridine rings is 1. The van der Waals surface area contributed by atoms with Gasteiger partial charge in [0, 0.05) is 25.8 Å². The van der Waals surface area contributed by atoms with Gasteiger partial charge < -0.3 is 25.0 Å². The number of rotatable bonds is 3. The number of carboxylic acid groups (broad SMARTS) is 1. The van der Waals surface area contributed by atoms with Crippen molar-refractivity contribution in [2.75, 3.05) is 31.1 Å². The SMILES string of the molecule is [C-]#[N+]C(CN)=C1CCN(c2c(F)cc3c(=O)c(C(=O)O)cn4c3c2OC[C@@H]4C)CC1. The summed E-state index contributed by atoms with van der Waals surface area (Å²) >= 11 is 0. The summed E-state index contributed by atoms with van der Waals surface area (Å²) in [5.74, 6) is -1.72. The third kappa shape index (κ3) is 3.00. The number of aromatic carboxylic acids is 1. The molecule has 2 aliphatic heterocycles. The van der Waals surface area contributed by atoms with E-state index in [0.717, 1.165) is 11.6 Å². The number of ether oxygens (including phenoxy) is 1. The zero-order valence-electron chi connectivity index (χ0n) is 16.4. The molecule has 8 nitrogen and oxygen atoms in total. The first-order valence-electron chi connectivity index (χ1n) is 9.68. The zero-order chi connectivity index (χ0) is 21.6. The number of nitrogens with zero attached hydrogens (tertiary/aromatic N) is 3. The first kappa shape index (κ1) is 19.9. The lowest BCUT2D eigenvalue weighted by Crippen LogP contribution is -2.34. The van der Waals surface area contributed by atoms with Gasteiger partial charge in [0.05, 0.1) is 23.5 Å². The maximum absolute atomic E-state index is 15.2. The van der Waals surface area contributed by atoms with Gasteiger partial charge in [0.1, 0.15) is 17.9 Å². The predicted molar refractivity (Wildman–Crippen MR) is 109 cm³/mol. The summed E-state index contributed by atoms with van der Waals surface area (Å²) in [5.41, 5.74) is 6.72. The lowest BCUT2D eigenvalue weighted by atomic mass is 9.99. The van der Waals surface area contributed by atoms with Gasteiger partial charge in [0.15, 0.2) is 17.3 Å². The van der Waals surface area contributed by atoms with Gasteiger partial charge >= 0.3 is 5.97 Å². The quantitative estimate of drug-likeness (QED) is 0.751. The van der Waals surface area contributed by atoms with Crippen molar-refractivity contribution in [1.82, 2.24) is 4.57 Å². The number of anilines is 1. The van der Waals surface area contributed by atoms with Crippen LogP contribution in [0.25, 0.3) is 15.7 Å². The molecule has 0 aliphatic carbocycles. The molecular formula is C21H21FN4O4. The number of hydrogen-bond acceptors (Lipinski definition) is 5. The number of aromatic nitrogens is 1. The molecule has 0 amide bonds. The third-order valence-corrected chi connectivity index (χ3v) is 5.79. The highest BCUT2D eigenvalue weighted by Gasteiger charge is 2.31. The van der Waals surface area contributed by atoms with Crippen LogP contribution in [0.2, 0.25) is 0 Å². The van der Waals surface area contributed by atoms with Crippen LogP contribution in [0.3, 0.4) is 0 Å². The molecule has 1 aromatic heterocycles. The fraction of sp³-hybridized carbons (Fsp3) is 0.381. The second-order valence-electron chi connectivity index (χ2n) is 7.53. The molecular weight excluding hydrogens is 391 g/mol. The summed E-state index contributed by atoms with van der Waals surface area (Å²) in [5, 5.41) is 9.37. The Balaban J connectivity index is 1.86. The van der Waals surface area contributed by atoms with E-state index in [1.54, 1.807) is 4.57 Å². The average Bonchev–Trinajstić information content (AvgIpc) is 2.73. The summed E-state index contributed by atoms with van der Waals surface area (Å²) in [6, 6.07) is 0.898. The van der Waals surface area contributed by atoms with Crippen LogP contribution in [-0.2, 0) is 0 Å². The maximum Gasteiger partial charge on any atom is 0.341 e. The van der Waals surface area contributed by atoms with Crippen molar-refractivity contribution in [2.45, 2.75) is 25.8 Å². The van der Waals surface area contributed by atoms with E-state index < -0.39 is 22.8 Å². The molecule has 1 fully saturated rings. The summed E-state index contributed by atoms with van der Waals surface area (Å²) in [7, 11) is 0. The van der Waals surface area contributed by atoms with Crippen molar-refractivity contribution in [2.24, 2.45) is 5.73 Å². The first-order chi connectivity index (χ1) is 14.4. The van der Waals surface area contributed by atoms with Gasteiger partial charge in [0.25, 0.3) is 0 Å². The molecule has 0 saturated carbocycles. The van der Waals surface area contributed by atoms with Crippen molar-refractivity contribution >= 4 is 22.6 Å². The van der Waals surface area contributed by atoms with Crippen LogP contribution in [-0.4, -0.2) is 41.9 Å². The highest BCUT2D eigenvalue weighted by Crippen LogP contribution is 2.43. The van der Waals surface area contributed by atoms with E-state index in [9.17, 15) is 14.7 Å². The van der Waals surface area contributed by atoms with E-state index in [0.29, 0.717) is 37.1 Å². The van der Waals surface area contributed by atoms with Gasteiger partial charge in [-0.25, -0.2) is 14.0 Å². The predicted octanol–water partition coefficient (Wildman–Crippen LogP) is 2.52. The molecule has 0 spiro atoms. The molecule has 156 valence electrons. The minimum Gasteiger partial charge on any atom is -0.487 e. The Morgan fingerprint density at radius 2 is 2.13 bits per heavy atom. The highest BCUT2D eigenvalue weighted by molar-refractivity contribution is 5.97. The smallest absolute Gasteiger partial charge is 0.341 e. The van der Waals surface area contributed by atoms with Gasteiger partial charge in [-0.15, -0.1) is 0 Å². The Morgan fingerprint density at radius 3 is 2.73 bits per heavy atom. The Bertz CT molecular complexity index is 1180. The number of carboxylic acids is 1. The molecule has 4 rings (SSSR count). The van der Waals surface area contributed by atoms with Crippen LogP contribution < -0.4 is 20.8 Å². The van der Waals surface area contributed by atoms with Gasteiger partial charge in [-0.2, -0.15) is 0 Å². The van der Waals surface area contributed by atoms with Crippen LogP contribution in [0, 0.1) is 12.4 Å². The van der Waals surface area contributed by atoms with Crippen molar-refractivity contribution in [3.8, 4) is 5.75 Å². The van der Waals surface area contributed by atoms with Gasteiger partial charge in [-0.05, 0) is 25.8 Å². The maximum atomic E-state index is 15.2. The van der Waals surface area contributed by atoms with E-state index in [1.165, 1.54) is 6.20 Å². The molecule has 0 radical (unpaired) electrons. The van der Waals surface area contributed by atoms with Gasteiger partial charge in [-0.1, -0.05) is 5.57 Å². The average molecular weight is 412 g/mol. The minimum atomic E-state index is -1.35. The molecule has 0 bridgehead atoms. The number of hydrogen-bond donors (Lipinski definition) is 2. The third-order valence-electron chi connectivity index (χ3n) is 5.79. The molecule has 1 aromatic carbocycles. The van der Waals surface area contributed by atoms with Crippen molar-refractivity contribution in [3.63, 3.8) is 0 Å². The second-order valence-corrected chi connectivity index (χ2v) is 7.53. The number of benzene rings is 1. The van der Waals surface area contributed by atoms with Crippen LogP contribution in [0.1, 0.15) is 36.2 Å². The lowest BCUT2D eigenvalue weighted by Gasteiger charge is -2.35. The first-order valence-corrected chi connectivity index (χ1v) is 9.68. The Morgan fingerprint density at radius 1 is 1.43 bits per heavy atom. The summed E-state index contributed by atoms with van der Waals surface area (Å²) in [4.78, 5) is 29.5. The van der Waals surface area contributed by atoms with E-state index in [2.05, 4.69) is 4.85 Å².